The molecule has 0 saturated heterocycles. The molecule has 0 aromatic heterocycles. The lowest BCUT2D eigenvalue weighted by Gasteiger charge is -2.14. The van der Waals surface area contributed by atoms with Gasteiger partial charge in [0, 0.05) is 4.47 Å². The topological polar surface area (TPSA) is 34.1 Å². The SMILES string of the molecule is C=CC(=O)C(=O)C1(c2ccccc2Br)CC1. The van der Waals surface area contributed by atoms with Crippen molar-refractivity contribution < 1.29 is 9.59 Å². The van der Waals surface area contributed by atoms with Gasteiger partial charge in [-0.1, -0.05) is 40.7 Å². The van der Waals surface area contributed by atoms with Gasteiger partial charge in [0.2, 0.25) is 11.6 Å². The van der Waals surface area contributed by atoms with Crippen molar-refractivity contribution in [2.24, 2.45) is 0 Å². The summed E-state index contributed by atoms with van der Waals surface area (Å²) >= 11 is 3.42. The van der Waals surface area contributed by atoms with Crippen molar-refractivity contribution in [3.05, 3.63) is 47.0 Å². The summed E-state index contributed by atoms with van der Waals surface area (Å²) in [5, 5.41) is 0. The number of ketones is 2. The molecule has 0 aliphatic heterocycles. The van der Waals surface area contributed by atoms with Crippen LogP contribution in [0.25, 0.3) is 0 Å². The van der Waals surface area contributed by atoms with Gasteiger partial charge in [0.1, 0.15) is 0 Å². The van der Waals surface area contributed by atoms with E-state index in [4.69, 9.17) is 0 Å². The van der Waals surface area contributed by atoms with Crippen LogP contribution in [-0.2, 0) is 15.0 Å². The average Bonchev–Trinajstić information content (AvgIpc) is 3.09. The van der Waals surface area contributed by atoms with Gasteiger partial charge < -0.3 is 0 Å². The fourth-order valence-corrected chi connectivity index (χ4v) is 2.59. The average molecular weight is 279 g/mol. The number of rotatable bonds is 4. The van der Waals surface area contributed by atoms with Gasteiger partial charge in [-0.25, -0.2) is 0 Å². The first-order valence-corrected chi connectivity index (χ1v) is 5.87. The molecule has 1 aliphatic rings. The largest absolute Gasteiger partial charge is 0.289 e. The van der Waals surface area contributed by atoms with Crippen molar-refractivity contribution in [1.29, 1.82) is 0 Å². The maximum Gasteiger partial charge on any atom is 0.221 e. The van der Waals surface area contributed by atoms with Crippen LogP contribution in [0.2, 0.25) is 0 Å². The van der Waals surface area contributed by atoms with Crippen molar-refractivity contribution in [2.75, 3.05) is 0 Å². The number of halogens is 1. The second-order valence-electron chi connectivity index (χ2n) is 3.96. The molecular weight excluding hydrogens is 268 g/mol. The van der Waals surface area contributed by atoms with E-state index in [9.17, 15) is 9.59 Å². The van der Waals surface area contributed by atoms with Crippen LogP contribution in [0.5, 0.6) is 0 Å². The Kier molecular flexibility index (Phi) is 2.80. The van der Waals surface area contributed by atoms with Gasteiger partial charge in [0.25, 0.3) is 0 Å². The molecule has 1 aromatic carbocycles. The van der Waals surface area contributed by atoms with E-state index in [0.717, 1.165) is 29.0 Å². The zero-order valence-corrected chi connectivity index (χ0v) is 10.3. The van der Waals surface area contributed by atoms with Crippen LogP contribution < -0.4 is 0 Å². The summed E-state index contributed by atoms with van der Waals surface area (Å²) < 4.78 is 0.887. The number of carbonyl (C=O) groups excluding carboxylic acids is 2. The summed E-state index contributed by atoms with van der Waals surface area (Å²) in [7, 11) is 0. The molecule has 0 unspecified atom stereocenters. The Hall–Kier alpha value is -1.22. The van der Waals surface area contributed by atoms with Crippen LogP contribution in [0, 0.1) is 0 Å². The van der Waals surface area contributed by atoms with E-state index in [1.807, 2.05) is 24.3 Å². The molecule has 2 rings (SSSR count). The van der Waals surface area contributed by atoms with E-state index in [-0.39, 0.29) is 5.78 Å². The standard InChI is InChI=1S/C13H11BrO2/c1-2-11(15)12(16)13(7-8-13)9-5-3-4-6-10(9)14/h2-6H,1,7-8H2. The number of carbonyl (C=O) groups is 2. The van der Waals surface area contributed by atoms with Gasteiger partial charge in [0.15, 0.2) is 0 Å². The highest BCUT2D eigenvalue weighted by Crippen LogP contribution is 2.51. The molecule has 0 heterocycles. The highest BCUT2D eigenvalue weighted by molar-refractivity contribution is 9.10. The van der Waals surface area contributed by atoms with E-state index in [0.29, 0.717) is 0 Å². The monoisotopic (exact) mass is 278 g/mol. The van der Waals surface area contributed by atoms with Crippen LogP contribution in [0.1, 0.15) is 18.4 Å². The summed E-state index contributed by atoms with van der Waals surface area (Å²) in [6, 6.07) is 7.56. The van der Waals surface area contributed by atoms with Crippen LogP contribution in [0.3, 0.4) is 0 Å². The van der Waals surface area contributed by atoms with Gasteiger partial charge in [-0.15, -0.1) is 0 Å². The molecule has 1 aromatic rings. The summed E-state index contributed by atoms with van der Waals surface area (Å²) in [5.74, 6) is -0.831. The molecule has 1 aliphatic carbocycles. The fraction of sp³-hybridized carbons (Fsp3) is 0.231. The highest BCUT2D eigenvalue weighted by Gasteiger charge is 2.53. The number of Topliss-reactive ketones (excluding diaryl/α,β-unsaturated/α-hetero) is 1. The first-order chi connectivity index (χ1) is 7.62. The molecule has 2 nitrogen and oxygen atoms in total. The zero-order chi connectivity index (χ0) is 11.8. The van der Waals surface area contributed by atoms with Gasteiger partial charge in [-0.05, 0) is 30.5 Å². The van der Waals surface area contributed by atoms with Crippen molar-refractivity contribution >= 4 is 27.5 Å². The summed E-state index contributed by atoms with van der Waals surface area (Å²) in [6.45, 7) is 3.36. The molecule has 0 N–H and O–H groups in total. The molecule has 0 bridgehead atoms. The third-order valence-corrected chi connectivity index (χ3v) is 3.67. The minimum Gasteiger partial charge on any atom is -0.289 e. The normalized spacial score (nSPS) is 16.6. The molecule has 0 atom stereocenters. The Labute approximate surface area is 102 Å². The van der Waals surface area contributed by atoms with Crippen LogP contribution in [0.4, 0.5) is 0 Å². The molecule has 0 amide bonds. The Morgan fingerprint density at radius 1 is 1.31 bits per heavy atom. The zero-order valence-electron chi connectivity index (χ0n) is 8.70. The van der Waals surface area contributed by atoms with Crippen molar-refractivity contribution in [2.45, 2.75) is 18.3 Å². The molecule has 1 saturated carbocycles. The Morgan fingerprint density at radius 3 is 2.44 bits per heavy atom. The smallest absolute Gasteiger partial charge is 0.221 e. The molecule has 82 valence electrons. The Balaban J connectivity index is 2.41. The molecule has 3 heteroatoms. The second kappa shape index (κ2) is 3.98. The van der Waals surface area contributed by atoms with Crippen molar-refractivity contribution in [3.63, 3.8) is 0 Å². The van der Waals surface area contributed by atoms with Crippen molar-refractivity contribution in [1.82, 2.24) is 0 Å². The Bertz CT molecular complexity index is 473. The maximum absolute atomic E-state index is 12.0. The van der Waals surface area contributed by atoms with Gasteiger partial charge in [-0.2, -0.15) is 0 Å². The number of benzene rings is 1. The fourth-order valence-electron chi connectivity index (χ4n) is 1.92. The van der Waals surface area contributed by atoms with Gasteiger partial charge in [-0.3, -0.25) is 9.59 Å². The first-order valence-electron chi connectivity index (χ1n) is 5.08. The van der Waals surface area contributed by atoms with E-state index in [2.05, 4.69) is 22.5 Å². The van der Waals surface area contributed by atoms with Crippen molar-refractivity contribution in [3.8, 4) is 0 Å². The summed E-state index contributed by atoms with van der Waals surface area (Å²) in [6.07, 6.45) is 2.58. The lowest BCUT2D eigenvalue weighted by molar-refractivity contribution is -0.135. The van der Waals surface area contributed by atoms with E-state index in [1.165, 1.54) is 0 Å². The Morgan fingerprint density at radius 2 is 1.94 bits per heavy atom. The molecule has 0 spiro atoms. The molecule has 0 radical (unpaired) electrons. The van der Waals surface area contributed by atoms with Gasteiger partial charge in [0.05, 0.1) is 5.41 Å². The predicted octanol–water partition coefficient (Wildman–Crippen LogP) is 2.80. The van der Waals surface area contributed by atoms with Crippen LogP contribution >= 0.6 is 15.9 Å². The molecule has 1 fully saturated rings. The van der Waals surface area contributed by atoms with E-state index >= 15 is 0 Å². The number of allylic oxidation sites excluding steroid dienone is 1. The van der Waals surface area contributed by atoms with E-state index < -0.39 is 11.2 Å². The summed E-state index contributed by atoms with van der Waals surface area (Å²) in [5.41, 5.74) is 0.320. The maximum atomic E-state index is 12.0. The molecular formula is C13H11BrO2. The lowest BCUT2D eigenvalue weighted by Crippen LogP contribution is -2.27. The quantitative estimate of drug-likeness (QED) is 0.627. The minimum absolute atomic E-state index is 0.339. The first kappa shape index (κ1) is 11.3. The third-order valence-electron chi connectivity index (χ3n) is 2.98. The number of hydrogen-bond acceptors (Lipinski definition) is 2. The van der Waals surface area contributed by atoms with E-state index in [1.54, 1.807) is 0 Å². The van der Waals surface area contributed by atoms with Crippen LogP contribution in [0.15, 0.2) is 41.4 Å². The third kappa shape index (κ3) is 1.65. The predicted molar refractivity (Wildman–Crippen MR) is 65.3 cm³/mol. The molecule has 16 heavy (non-hydrogen) atoms. The van der Waals surface area contributed by atoms with Crippen LogP contribution in [-0.4, -0.2) is 11.6 Å². The summed E-state index contributed by atoms with van der Waals surface area (Å²) in [4.78, 5) is 23.4. The highest BCUT2D eigenvalue weighted by atomic mass is 79.9. The second-order valence-corrected chi connectivity index (χ2v) is 4.81. The number of hydrogen-bond donors (Lipinski definition) is 0. The lowest BCUT2D eigenvalue weighted by atomic mass is 9.89. The van der Waals surface area contributed by atoms with Gasteiger partial charge >= 0.3 is 0 Å². The minimum atomic E-state index is -0.592.